The number of aromatic nitrogens is 1. The van der Waals surface area contributed by atoms with Crippen molar-refractivity contribution in [1.29, 1.82) is 0 Å². The lowest BCUT2D eigenvalue weighted by atomic mass is 9.63. The predicted molar refractivity (Wildman–Crippen MR) is 101 cm³/mol. The van der Waals surface area contributed by atoms with Crippen molar-refractivity contribution in [2.75, 3.05) is 6.26 Å². The number of carbonyl (C=O) groups excluding carboxylic acids is 1. The average Bonchev–Trinajstić information content (AvgIpc) is 2.54. The predicted octanol–water partition coefficient (Wildman–Crippen LogP) is 3.09. The Morgan fingerprint density at radius 1 is 1.15 bits per heavy atom. The Kier molecular flexibility index (Phi) is 4.88. The number of rotatable bonds is 5. The third-order valence-electron chi connectivity index (χ3n) is 5.26. The zero-order valence-corrected chi connectivity index (χ0v) is 16.1. The van der Waals surface area contributed by atoms with Gasteiger partial charge in [0, 0.05) is 18.1 Å². The molecule has 1 aromatic heterocycles. The molecular formula is C20H24N2O3S. The molecule has 1 saturated carbocycles. The first-order chi connectivity index (χ1) is 12.2. The number of amides is 1. The van der Waals surface area contributed by atoms with Gasteiger partial charge in [-0.2, -0.15) is 0 Å². The van der Waals surface area contributed by atoms with Gasteiger partial charge in [-0.15, -0.1) is 0 Å². The third kappa shape index (κ3) is 3.51. The largest absolute Gasteiger partial charge is 0.349 e. The fraction of sp³-hybridized carbons (Fsp3) is 0.400. The summed E-state index contributed by atoms with van der Waals surface area (Å²) in [4.78, 5) is 17.6. The van der Waals surface area contributed by atoms with Gasteiger partial charge in [-0.25, -0.2) is 8.42 Å². The Labute approximate surface area is 154 Å². The molecule has 1 heterocycles. The maximum Gasteiger partial charge on any atom is 0.231 e. The van der Waals surface area contributed by atoms with Crippen molar-refractivity contribution in [3.8, 4) is 0 Å². The van der Waals surface area contributed by atoms with E-state index in [-0.39, 0.29) is 16.8 Å². The summed E-state index contributed by atoms with van der Waals surface area (Å²) in [6.07, 6.45) is 5.51. The van der Waals surface area contributed by atoms with Crippen LogP contribution in [0.3, 0.4) is 0 Å². The second-order valence-electron chi connectivity index (χ2n) is 7.16. The Balaban J connectivity index is 1.80. The van der Waals surface area contributed by atoms with Crippen molar-refractivity contribution in [3.63, 3.8) is 0 Å². The molecule has 1 fully saturated rings. The van der Waals surface area contributed by atoms with E-state index in [0.717, 1.165) is 36.1 Å². The van der Waals surface area contributed by atoms with Crippen LogP contribution in [0.1, 0.15) is 49.0 Å². The van der Waals surface area contributed by atoms with Gasteiger partial charge in [0.2, 0.25) is 5.91 Å². The Hall–Kier alpha value is -2.21. The lowest BCUT2D eigenvalue weighted by molar-refractivity contribution is -0.130. The molecule has 0 spiro atoms. The number of nitrogens with zero attached hydrogens (tertiary/aromatic N) is 1. The molecular weight excluding hydrogens is 348 g/mol. The maximum absolute atomic E-state index is 13.0. The van der Waals surface area contributed by atoms with Crippen molar-refractivity contribution < 1.29 is 13.2 Å². The van der Waals surface area contributed by atoms with Gasteiger partial charge in [0.25, 0.3) is 0 Å². The first kappa shape index (κ1) is 18.6. The fourth-order valence-corrected chi connectivity index (χ4v) is 3.98. The van der Waals surface area contributed by atoms with Gasteiger partial charge in [-0.05, 0) is 56.0 Å². The molecule has 0 aliphatic heterocycles. The minimum absolute atomic E-state index is 0.0102. The number of pyridine rings is 1. The molecule has 1 aliphatic rings. The highest BCUT2D eigenvalue weighted by Gasteiger charge is 2.45. The summed E-state index contributed by atoms with van der Waals surface area (Å²) in [5, 5.41) is 3.10. The minimum atomic E-state index is -3.24. The van der Waals surface area contributed by atoms with Crippen LogP contribution in [0, 0.1) is 6.92 Å². The molecule has 0 unspecified atom stereocenters. The lowest BCUT2D eigenvalue weighted by Crippen LogP contribution is -2.49. The summed E-state index contributed by atoms with van der Waals surface area (Å²) in [5.74, 6) is -0.0102. The second-order valence-corrected chi connectivity index (χ2v) is 9.18. The molecule has 3 rings (SSSR count). The highest BCUT2D eigenvalue weighted by Crippen LogP contribution is 2.44. The van der Waals surface area contributed by atoms with E-state index in [1.165, 1.54) is 6.26 Å². The molecule has 0 bridgehead atoms. The number of benzene rings is 1. The second kappa shape index (κ2) is 6.83. The van der Waals surface area contributed by atoms with E-state index in [0.29, 0.717) is 0 Å². The molecule has 1 aliphatic carbocycles. The Morgan fingerprint density at radius 3 is 2.27 bits per heavy atom. The summed E-state index contributed by atoms with van der Waals surface area (Å²) < 4.78 is 23.3. The summed E-state index contributed by atoms with van der Waals surface area (Å²) in [5.41, 5.74) is 2.21. The smallest absolute Gasteiger partial charge is 0.231 e. The fourth-order valence-electron chi connectivity index (χ4n) is 3.35. The van der Waals surface area contributed by atoms with Crippen LogP contribution in [0.15, 0.2) is 47.5 Å². The van der Waals surface area contributed by atoms with E-state index in [1.807, 2.05) is 26.0 Å². The summed E-state index contributed by atoms with van der Waals surface area (Å²) >= 11 is 0. The number of aryl methyl sites for hydroxylation is 1. The standard InChI is InChI=1S/C20H24N2O3S/c1-14-5-6-16(13-21-14)15(2)22-19(23)20(11-4-12-20)17-7-9-18(10-8-17)26(3,24)25/h5-10,13,15H,4,11-12H2,1-3H3,(H,22,23)/t15-/m1/s1. The van der Waals surface area contributed by atoms with E-state index in [4.69, 9.17) is 0 Å². The van der Waals surface area contributed by atoms with Crippen LogP contribution in [-0.2, 0) is 20.0 Å². The van der Waals surface area contributed by atoms with E-state index < -0.39 is 15.3 Å². The van der Waals surface area contributed by atoms with Crippen LogP contribution in [0.25, 0.3) is 0 Å². The highest BCUT2D eigenvalue weighted by molar-refractivity contribution is 7.90. The molecule has 5 nitrogen and oxygen atoms in total. The van der Waals surface area contributed by atoms with Gasteiger partial charge in [0.1, 0.15) is 0 Å². The lowest BCUT2D eigenvalue weighted by Gasteiger charge is -2.41. The normalized spacial score (nSPS) is 17.2. The molecule has 6 heteroatoms. The van der Waals surface area contributed by atoms with E-state index in [2.05, 4.69) is 10.3 Å². The van der Waals surface area contributed by atoms with Crippen molar-refractivity contribution in [3.05, 3.63) is 59.4 Å². The number of hydrogen-bond acceptors (Lipinski definition) is 4. The van der Waals surface area contributed by atoms with E-state index in [9.17, 15) is 13.2 Å². The van der Waals surface area contributed by atoms with Gasteiger partial charge in [-0.3, -0.25) is 9.78 Å². The van der Waals surface area contributed by atoms with Gasteiger partial charge < -0.3 is 5.32 Å². The molecule has 1 atom stereocenters. The van der Waals surface area contributed by atoms with Crippen molar-refractivity contribution >= 4 is 15.7 Å². The maximum atomic E-state index is 13.0. The van der Waals surface area contributed by atoms with Gasteiger partial charge in [0.05, 0.1) is 16.4 Å². The Bertz CT molecular complexity index is 899. The van der Waals surface area contributed by atoms with Crippen molar-refractivity contribution in [1.82, 2.24) is 10.3 Å². The van der Waals surface area contributed by atoms with Gasteiger partial charge in [-0.1, -0.05) is 24.6 Å². The van der Waals surface area contributed by atoms with Gasteiger partial charge >= 0.3 is 0 Å². The van der Waals surface area contributed by atoms with Crippen molar-refractivity contribution in [2.45, 2.75) is 49.5 Å². The molecule has 26 heavy (non-hydrogen) atoms. The number of nitrogens with one attached hydrogen (secondary N) is 1. The van der Waals surface area contributed by atoms with Crippen LogP contribution in [-0.4, -0.2) is 25.6 Å². The molecule has 138 valence electrons. The monoisotopic (exact) mass is 372 g/mol. The average molecular weight is 372 g/mol. The Morgan fingerprint density at radius 2 is 1.81 bits per heavy atom. The summed E-state index contributed by atoms with van der Waals surface area (Å²) in [6, 6.07) is 10.5. The van der Waals surface area contributed by atoms with Crippen LogP contribution in [0.5, 0.6) is 0 Å². The zero-order chi connectivity index (χ0) is 18.9. The van der Waals surface area contributed by atoms with Crippen molar-refractivity contribution in [2.24, 2.45) is 0 Å². The quantitative estimate of drug-likeness (QED) is 0.875. The number of hydrogen-bond donors (Lipinski definition) is 1. The minimum Gasteiger partial charge on any atom is -0.349 e. The van der Waals surface area contributed by atoms with E-state index in [1.54, 1.807) is 30.5 Å². The first-order valence-electron chi connectivity index (χ1n) is 8.76. The van der Waals surface area contributed by atoms with Crippen LogP contribution in [0.2, 0.25) is 0 Å². The number of carbonyl (C=O) groups is 1. The SMILES string of the molecule is Cc1ccc([C@@H](C)NC(=O)C2(c3ccc(S(C)(=O)=O)cc3)CCC2)cn1. The molecule has 1 N–H and O–H groups in total. The summed E-state index contributed by atoms with van der Waals surface area (Å²) in [6.45, 7) is 3.87. The molecule has 2 aromatic rings. The first-order valence-corrected chi connectivity index (χ1v) is 10.7. The number of sulfone groups is 1. The van der Waals surface area contributed by atoms with E-state index >= 15 is 0 Å². The molecule has 1 amide bonds. The van der Waals surface area contributed by atoms with Gasteiger partial charge in [0.15, 0.2) is 9.84 Å². The van der Waals surface area contributed by atoms with Crippen LogP contribution in [0.4, 0.5) is 0 Å². The highest BCUT2D eigenvalue weighted by atomic mass is 32.2. The topological polar surface area (TPSA) is 76.1 Å². The van der Waals surface area contributed by atoms with Crippen LogP contribution < -0.4 is 5.32 Å². The molecule has 0 saturated heterocycles. The van der Waals surface area contributed by atoms with Crippen LogP contribution >= 0.6 is 0 Å². The summed E-state index contributed by atoms with van der Waals surface area (Å²) in [7, 11) is -3.24. The third-order valence-corrected chi connectivity index (χ3v) is 6.39. The molecule has 1 aromatic carbocycles. The zero-order valence-electron chi connectivity index (χ0n) is 15.3. The molecule has 0 radical (unpaired) electrons.